The van der Waals surface area contributed by atoms with Crippen LogP contribution in [0.5, 0.6) is 0 Å². The van der Waals surface area contributed by atoms with Gasteiger partial charge < -0.3 is 10.6 Å². The Hall–Kier alpha value is -0.510. The van der Waals surface area contributed by atoms with Crippen LogP contribution in [0.4, 0.5) is 5.82 Å². The Labute approximate surface area is 100 Å². The highest BCUT2D eigenvalue weighted by molar-refractivity contribution is 6.35. The zero-order valence-electron chi connectivity index (χ0n) is 8.87. The Morgan fingerprint density at radius 1 is 1.53 bits per heavy atom. The molecule has 1 aromatic heterocycles. The van der Waals surface area contributed by atoms with Gasteiger partial charge in [-0.15, -0.1) is 0 Å². The number of anilines is 1. The molecule has 0 saturated carbocycles. The summed E-state index contributed by atoms with van der Waals surface area (Å²) in [5.41, 5.74) is 5.51. The van der Waals surface area contributed by atoms with Crippen LogP contribution in [0.25, 0.3) is 0 Å². The molecule has 0 saturated heterocycles. The van der Waals surface area contributed by atoms with Crippen molar-refractivity contribution < 1.29 is 0 Å². The Morgan fingerprint density at radius 2 is 2.20 bits per heavy atom. The second-order valence-corrected chi connectivity index (χ2v) is 4.34. The molecule has 0 aliphatic carbocycles. The third-order valence-electron chi connectivity index (χ3n) is 2.37. The number of nitrogens with zero attached hydrogens (tertiary/aromatic N) is 2. The van der Waals surface area contributed by atoms with E-state index in [1.165, 1.54) is 0 Å². The molecule has 0 aliphatic rings. The SMILES string of the molecule is CC(CCN)N(C)c1ncc(Cl)cc1Cl. The van der Waals surface area contributed by atoms with Crippen molar-refractivity contribution in [2.24, 2.45) is 5.73 Å². The molecule has 15 heavy (non-hydrogen) atoms. The van der Waals surface area contributed by atoms with Gasteiger partial charge in [0.2, 0.25) is 0 Å². The molecular weight excluding hydrogens is 233 g/mol. The maximum atomic E-state index is 6.05. The topological polar surface area (TPSA) is 42.1 Å². The summed E-state index contributed by atoms with van der Waals surface area (Å²) in [6.07, 6.45) is 2.49. The molecule has 5 heteroatoms. The lowest BCUT2D eigenvalue weighted by molar-refractivity contribution is 0.629. The number of aromatic nitrogens is 1. The van der Waals surface area contributed by atoms with Crippen LogP contribution in [0.3, 0.4) is 0 Å². The van der Waals surface area contributed by atoms with Crippen LogP contribution in [-0.4, -0.2) is 24.6 Å². The van der Waals surface area contributed by atoms with Gasteiger partial charge in [0.25, 0.3) is 0 Å². The molecule has 1 rings (SSSR count). The van der Waals surface area contributed by atoms with Crippen LogP contribution in [0.15, 0.2) is 12.3 Å². The fraction of sp³-hybridized carbons (Fsp3) is 0.500. The first kappa shape index (κ1) is 12.6. The van der Waals surface area contributed by atoms with Gasteiger partial charge in [-0.25, -0.2) is 4.98 Å². The van der Waals surface area contributed by atoms with Gasteiger partial charge in [0, 0.05) is 19.3 Å². The van der Waals surface area contributed by atoms with E-state index in [2.05, 4.69) is 11.9 Å². The molecule has 0 aliphatic heterocycles. The van der Waals surface area contributed by atoms with E-state index in [1.54, 1.807) is 12.3 Å². The summed E-state index contributed by atoms with van der Waals surface area (Å²) < 4.78 is 0. The number of halogens is 2. The Morgan fingerprint density at radius 3 is 2.73 bits per heavy atom. The van der Waals surface area contributed by atoms with Gasteiger partial charge in [-0.2, -0.15) is 0 Å². The van der Waals surface area contributed by atoms with Gasteiger partial charge in [-0.3, -0.25) is 0 Å². The molecule has 1 heterocycles. The van der Waals surface area contributed by atoms with Crippen molar-refractivity contribution in [3.05, 3.63) is 22.3 Å². The zero-order valence-corrected chi connectivity index (χ0v) is 10.4. The van der Waals surface area contributed by atoms with Crippen LogP contribution in [-0.2, 0) is 0 Å². The van der Waals surface area contributed by atoms with Crippen molar-refractivity contribution in [3.63, 3.8) is 0 Å². The first-order chi connectivity index (χ1) is 7.06. The number of hydrogen-bond acceptors (Lipinski definition) is 3. The number of nitrogens with two attached hydrogens (primary N) is 1. The van der Waals surface area contributed by atoms with Gasteiger partial charge >= 0.3 is 0 Å². The van der Waals surface area contributed by atoms with Crippen molar-refractivity contribution in [2.75, 3.05) is 18.5 Å². The molecule has 0 amide bonds. The van der Waals surface area contributed by atoms with Crippen LogP contribution in [0, 0.1) is 0 Å². The summed E-state index contributed by atoms with van der Waals surface area (Å²) >= 11 is 11.8. The molecule has 0 aromatic carbocycles. The predicted molar refractivity (Wildman–Crippen MR) is 65.8 cm³/mol. The number of pyridine rings is 1. The van der Waals surface area contributed by atoms with E-state index in [1.807, 2.05) is 11.9 Å². The van der Waals surface area contributed by atoms with Crippen molar-refractivity contribution >= 4 is 29.0 Å². The van der Waals surface area contributed by atoms with E-state index in [9.17, 15) is 0 Å². The van der Waals surface area contributed by atoms with E-state index in [0.717, 1.165) is 12.2 Å². The van der Waals surface area contributed by atoms with E-state index in [-0.39, 0.29) is 0 Å². The summed E-state index contributed by atoms with van der Waals surface area (Å²) in [7, 11) is 1.95. The van der Waals surface area contributed by atoms with Crippen LogP contribution < -0.4 is 10.6 Å². The quantitative estimate of drug-likeness (QED) is 0.890. The van der Waals surface area contributed by atoms with Crippen molar-refractivity contribution in [1.82, 2.24) is 4.98 Å². The van der Waals surface area contributed by atoms with Crippen molar-refractivity contribution in [2.45, 2.75) is 19.4 Å². The lowest BCUT2D eigenvalue weighted by Crippen LogP contribution is -2.31. The number of rotatable bonds is 4. The molecule has 0 spiro atoms. The second-order valence-electron chi connectivity index (χ2n) is 3.50. The van der Waals surface area contributed by atoms with Gasteiger partial charge in [0.05, 0.1) is 10.0 Å². The van der Waals surface area contributed by atoms with E-state index >= 15 is 0 Å². The van der Waals surface area contributed by atoms with E-state index in [4.69, 9.17) is 28.9 Å². The van der Waals surface area contributed by atoms with Crippen molar-refractivity contribution in [1.29, 1.82) is 0 Å². The highest BCUT2D eigenvalue weighted by Gasteiger charge is 2.13. The lowest BCUT2D eigenvalue weighted by Gasteiger charge is -2.26. The summed E-state index contributed by atoms with van der Waals surface area (Å²) in [5, 5.41) is 1.11. The highest BCUT2D eigenvalue weighted by Crippen LogP contribution is 2.26. The third-order valence-corrected chi connectivity index (χ3v) is 2.85. The molecule has 0 radical (unpaired) electrons. The fourth-order valence-corrected chi connectivity index (χ4v) is 1.82. The monoisotopic (exact) mass is 247 g/mol. The average Bonchev–Trinajstić information content (AvgIpc) is 2.17. The van der Waals surface area contributed by atoms with Gasteiger partial charge in [-0.05, 0) is 26.0 Å². The summed E-state index contributed by atoms with van der Waals surface area (Å²) in [6.45, 7) is 2.73. The minimum Gasteiger partial charge on any atom is -0.356 e. The Kier molecular flexibility index (Phi) is 4.64. The standard InChI is InChI=1S/C10H15Cl2N3/c1-7(3-4-13)15(2)10-9(12)5-8(11)6-14-10/h5-7H,3-4,13H2,1-2H3. The Balaban J connectivity index is 2.86. The van der Waals surface area contributed by atoms with Gasteiger partial charge in [0.1, 0.15) is 5.82 Å². The Bertz CT molecular complexity index is 330. The predicted octanol–water partition coefficient (Wildman–Crippen LogP) is 2.56. The minimum absolute atomic E-state index is 0.307. The fourth-order valence-electron chi connectivity index (χ4n) is 1.31. The maximum Gasteiger partial charge on any atom is 0.147 e. The van der Waals surface area contributed by atoms with Crippen LogP contribution in [0.2, 0.25) is 10.0 Å². The molecule has 2 N–H and O–H groups in total. The summed E-state index contributed by atoms with van der Waals surface area (Å²) in [4.78, 5) is 6.21. The first-order valence-electron chi connectivity index (χ1n) is 4.80. The van der Waals surface area contributed by atoms with E-state index < -0.39 is 0 Å². The molecular formula is C10H15Cl2N3. The highest BCUT2D eigenvalue weighted by atomic mass is 35.5. The minimum atomic E-state index is 0.307. The van der Waals surface area contributed by atoms with E-state index in [0.29, 0.717) is 22.6 Å². The second kappa shape index (κ2) is 5.54. The smallest absolute Gasteiger partial charge is 0.147 e. The van der Waals surface area contributed by atoms with Crippen LogP contribution in [0.1, 0.15) is 13.3 Å². The zero-order chi connectivity index (χ0) is 11.4. The van der Waals surface area contributed by atoms with Gasteiger partial charge in [0.15, 0.2) is 0 Å². The molecule has 0 bridgehead atoms. The van der Waals surface area contributed by atoms with Crippen molar-refractivity contribution in [3.8, 4) is 0 Å². The number of hydrogen-bond donors (Lipinski definition) is 1. The summed E-state index contributed by atoms with van der Waals surface area (Å²) in [6, 6.07) is 2.00. The molecule has 3 nitrogen and oxygen atoms in total. The molecule has 1 atom stereocenters. The first-order valence-corrected chi connectivity index (χ1v) is 5.55. The molecule has 1 unspecified atom stereocenters. The normalized spacial score (nSPS) is 12.6. The van der Waals surface area contributed by atoms with Gasteiger partial charge in [-0.1, -0.05) is 23.2 Å². The molecule has 84 valence electrons. The molecule has 1 aromatic rings. The third kappa shape index (κ3) is 3.23. The average molecular weight is 248 g/mol. The van der Waals surface area contributed by atoms with Crippen LogP contribution >= 0.6 is 23.2 Å². The summed E-state index contributed by atoms with van der Waals surface area (Å²) in [5.74, 6) is 0.738. The maximum absolute atomic E-state index is 6.05. The largest absolute Gasteiger partial charge is 0.356 e. The lowest BCUT2D eigenvalue weighted by atomic mass is 10.2. The molecule has 0 fully saturated rings.